The maximum atomic E-state index is 2.79. The average Bonchev–Trinajstić information content (AvgIpc) is 1.84. The molecule has 0 rings (SSSR count). The molecular weight excluding hydrogens is 115 g/mol. The van der Waals surface area contributed by atoms with Crippen LogP contribution >= 0.6 is 9.24 Å². The van der Waals surface area contributed by atoms with Crippen LogP contribution in [0.2, 0.25) is 0 Å². The zero-order chi connectivity index (χ0) is 6.57. The van der Waals surface area contributed by atoms with Gasteiger partial charge >= 0.3 is 0 Å². The Morgan fingerprint density at radius 3 is 1.88 bits per heavy atom. The van der Waals surface area contributed by atoms with Gasteiger partial charge in [-0.25, -0.2) is 0 Å². The molecule has 3 unspecified atom stereocenters. The highest BCUT2D eigenvalue weighted by molar-refractivity contribution is 7.16. The number of rotatable bonds is 3. The Labute approximate surface area is 55.3 Å². The van der Waals surface area contributed by atoms with Crippen LogP contribution < -0.4 is 0 Å². The molecule has 0 aromatic carbocycles. The highest BCUT2D eigenvalue weighted by atomic mass is 31.0. The molecule has 3 atom stereocenters. The van der Waals surface area contributed by atoms with E-state index in [1.807, 2.05) is 0 Å². The Morgan fingerprint density at radius 1 is 1.25 bits per heavy atom. The molecule has 0 aliphatic heterocycles. The third-order valence-corrected chi connectivity index (χ3v) is 2.73. The normalized spacial score (nSPS) is 18.0. The lowest BCUT2D eigenvalue weighted by atomic mass is 9.96. The predicted octanol–water partition coefficient (Wildman–Crippen LogP) is 2.54. The Hall–Kier alpha value is 0.430. The molecule has 0 N–H and O–H groups in total. The zero-order valence-electron chi connectivity index (χ0n) is 6.15. The first-order valence-corrected chi connectivity index (χ1v) is 4.24. The van der Waals surface area contributed by atoms with E-state index in [4.69, 9.17) is 0 Å². The molecule has 0 nitrogen and oxygen atoms in total. The molecule has 0 fully saturated rings. The van der Waals surface area contributed by atoms with Crippen LogP contribution in [-0.4, -0.2) is 6.16 Å². The van der Waals surface area contributed by atoms with E-state index in [9.17, 15) is 0 Å². The van der Waals surface area contributed by atoms with Crippen LogP contribution in [-0.2, 0) is 0 Å². The van der Waals surface area contributed by atoms with Crippen LogP contribution in [0.4, 0.5) is 0 Å². The van der Waals surface area contributed by atoms with Crippen molar-refractivity contribution < 1.29 is 0 Å². The van der Waals surface area contributed by atoms with E-state index in [2.05, 4.69) is 30.0 Å². The summed E-state index contributed by atoms with van der Waals surface area (Å²) >= 11 is 0. The number of hydrogen-bond donors (Lipinski definition) is 0. The molecule has 0 heterocycles. The van der Waals surface area contributed by atoms with Crippen LogP contribution in [0.5, 0.6) is 0 Å². The minimum atomic E-state index is 0.880. The van der Waals surface area contributed by atoms with Crippen molar-refractivity contribution in [3.63, 3.8) is 0 Å². The summed E-state index contributed by atoms with van der Waals surface area (Å²) in [6.07, 6.45) is 2.56. The molecule has 0 aromatic rings. The molecule has 0 amide bonds. The maximum Gasteiger partial charge on any atom is -0.0353 e. The Morgan fingerprint density at radius 2 is 1.75 bits per heavy atom. The Balaban J connectivity index is 3.29. The smallest absolute Gasteiger partial charge is 0.0353 e. The van der Waals surface area contributed by atoms with E-state index < -0.39 is 0 Å². The molecule has 0 bridgehead atoms. The quantitative estimate of drug-likeness (QED) is 0.518. The van der Waals surface area contributed by atoms with Crippen LogP contribution in [0.1, 0.15) is 27.2 Å². The van der Waals surface area contributed by atoms with Crippen LogP contribution in [0.25, 0.3) is 0 Å². The van der Waals surface area contributed by atoms with Crippen molar-refractivity contribution in [1.29, 1.82) is 0 Å². The van der Waals surface area contributed by atoms with Gasteiger partial charge in [0.15, 0.2) is 0 Å². The van der Waals surface area contributed by atoms with Crippen molar-refractivity contribution >= 4 is 9.24 Å². The Bertz CT molecular complexity index is 44.3. The van der Waals surface area contributed by atoms with Gasteiger partial charge in [0.25, 0.3) is 0 Å². The minimum absolute atomic E-state index is 0.880. The van der Waals surface area contributed by atoms with Crippen molar-refractivity contribution in [1.82, 2.24) is 0 Å². The summed E-state index contributed by atoms with van der Waals surface area (Å²) in [6.45, 7) is 6.87. The van der Waals surface area contributed by atoms with Crippen molar-refractivity contribution in [2.24, 2.45) is 11.8 Å². The van der Waals surface area contributed by atoms with Crippen LogP contribution in [0.15, 0.2) is 0 Å². The fourth-order valence-electron chi connectivity index (χ4n) is 0.635. The lowest BCUT2D eigenvalue weighted by Gasteiger charge is -2.14. The molecule has 0 saturated carbocycles. The van der Waals surface area contributed by atoms with Gasteiger partial charge in [0.1, 0.15) is 0 Å². The summed E-state index contributed by atoms with van der Waals surface area (Å²) in [4.78, 5) is 0. The molecule has 0 aromatic heterocycles. The topological polar surface area (TPSA) is 0 Å². The summed E-state index contributed by atoms with van der Waals surface area (Å²) in [5.74, 6) is 1.78. The molecule has 0 aliphatic rings. The molecule has 50 valence electrons. The van der Waals surface area contributed by atoms with Crippen molar-refractivity contribution in [3.05, 3.63) is 0 Å². The predicted molar refractivity (Wildman–Crippen MR) is 43.2 cm³/mol. The fraction of sp³-hybridized carbons (Fsp3) is 1.00. The van der Waals surface area contributed by atoms with Gasteiger partial charge in [0.05, 0.1) is 0 Å². The van der Waals surface area contributed by atoms with E-state index in [0.717, 1.165) is 11.8 Å². The van der Waals surface area contributed by atoms with Gasteiger partial charge in [0, 0.05) is 0 Å². The van der Waals surface area contributed by atoms with E-state index in [-0.39, 0.29) is 0 Å². The lowest BCUT2D eigenvalue weighted by molar-refractivity contribution is 0.414. The zero-order valence-corrected chi connectivity index (χ0v) is 7.30. The summed E-state index contributed by atoms with van der Waals surface area (Å²) < 4.78 is 0. The lowest BCUT2D eigenvalue weighted by Crippen LogP contribution is -2.07. The molecule has 0 aliphatic carbocycles. The van der Waals surface area contributed by atoms with Gasteiger partial charge in [-0.05, 0) is 18.0 Å². The summed E-state index contributed by atoms with van der Waals surface area (Å²) in [7, 11) is 2.79. The fourth-order valence-corrected chi connectivity index (χ4v) is 1.10. The first-order valence-electron chi connectivity index (χ1n) is 3.42. The van der Waals surface area contributed by atoms with Crippen molar-refractivity contribution in [2.45, 2.75) is 27.2 Å². The Kier molecular flexibility index (Phi) is 4.56. The second-order valence-electron chi connectivity index (χ2n) is 2.60. The second kappa shape index (κ2) is 4.32. The summed E-state index contributed by atoms with van der Waals surface area (Å²) in [5, 5.41) is 0. The van der Waals surface area contributed by atoms with Gasteiger partial charge in [-0.3, -0.25) is 0 Å². The van der Waals surface area contributed by atoms with E-state index >= 15 is 0 Å². The van der Waals surface area contributed by atoms with E-state index in [1.54, 1.807) is 0 Å². The molecule has 0 saturated heterocycles. The summed E-state index contributed by atoms with van der Waals surface area (Å²) in [6, 6.07) is 0. The SMILES string of the molecule is CCC(C)C(C)CP. The maximum absolute atomic E-state index is 2.79. The highest BCUT2D eigenvalue weighted by Crippen LogP contribution is 2.15. The monoisotopic (exact) mass is 132 g/mol. The summed E-state index contributed by atoms with van der Waals surface area (Å²) in [5.41, 5.74) is 0. The molecular formula is C7H17P. The van der Waals surface area contributed by atoms with Gasteiger partial charge in [0.2, 0.25) is 0 Å². The van der Waals surface area contributed by atoms with Gasteiger partial charge in [-0.1, -0.05) is 27.2 Å². The van der Waals surface area contributed by atoms with E-state index in [1.165, 1.54) is 12.6 Å². The van der Waals surface area contributed by atoms with Gasteiger partial charge < -0.3 is 0 Å². The van der Waals surface area contributed by atoms with Crippen LogP contribution in [0, 0.1) is 11.8 Å². The van der Waals surface area contributed by atoms with E-state index in [0.29, 0.717) is 0 Å². The second-order valence-corrected chi connectivity index (χ2v) is 3.07. The van der Waals surface area contributed by atoms with Crippen molar-refractivity contribution in [3.8, 4) is 0 Å². The first-order chi connectivity index (χ1) is 3.72. The van der Waals surface area contributed by atoms with Crippen LogP contribution in [0.3, 0.4) is 0 Å². The minimum Gasteiger partial charge on any atom is -0.137 e. The number of hydrogen-bond acceptors (Lipinski definition) is 0. The molecule has 1 heteroatoms. The third kappa shape index (κ3) is 2.67. The van der Waals surface area contributed by atoms with Crippen molar-refractivity contribution in [2.75, 3.05) is 6.16 Å². The molecule has 8 heavy (non-hydrogen) atoms. The molecule has 0 radical (unpaired) electrons. The standard InChI is InChI=1S/C7H17P/c1-4-6(2)7(3)5-8/h6-7H,4-5,8H2,1-3H3. The third-order valence-electron chi connectivity index (χ3n) is 1.99. The molecule has 0 spiro atoms. The highest BCUT2D eigenvalue weighted by Gasteiger charge is 2.05. The van der Waals surface area contributed by atoms with Gasteiger partial charge in [-0.2, -0.15) is 0 Å². The largest absolute Gasteiger partial charge is 0.137 e. The first kappa shape index (κ1) is 8.43. The van der Waals surface area contributed by atoms with Gasteiger partial charge in [-0.15, -0.1) is 9.24 Å². The average molecular weight is 132 g/mol.